The Balaban J connectivity index is 2.72. The minimum Gasteiger partial charge on any atom is -0.0612 e. The topological polar surface area (TPSA) is 0 Å². The first-order chi connectivity index (χ1) is 7.20. The van der Waals surface area contributed by atoms with Crippen molar-refractivity contribution in [2.45, 2.75) is 36.5 Å². The Kier molecular flexibility index (Phi) is 4.44. The second-order valence-electron chi connectivity index (χ2n) is 3.19. The van der Waals surface area contributed by atoms with Crippen LogP contribution in [0.3, 0.4) is 0 Å². The van der Waals surface area contributed by atoms with Crippen LogP contribution in [-0.4, -0.2) is 0 Å². The third-order valence-electron chi connectivity index (χ3n) is 2.42. The lowest BCUT2D eigenvalue weighted by Crippen LogP contribution is -1.95. The number of hydrogen-bond acceptors (Lipinski definition) is 3. The van der Waals surface area contributed by atoms with Crippen molar-refractivity contribution < 1.29 is 0 Å². The van der Waals surface area contributed by atoms with Gasteiger partial charge in [0.1, 0.15) is 0 Å². The molecule has 0 fully saturated rings. The molecule has 0 aromatic heterocycles. The summed E-state index contributed by atoms with van der Waals surface area (Å²) in [5, 5.41) is 0. The molecular formula is C10H10Br2S3. The number of hydrogen-bond donors (Lipinski definition) is 0. The fourth-order valence-corrected chi connectivity index (χ4v) is 8.30. The Labute approximate surface area is 119 Å². The summed E-state index contributed by atoms with van der Waals surface area (Å²) in [5.74, 6) is 0. The van der Waals surface area contributed by atoms with Crippen LogP contribution < -0.4 is 0 Å². The minimum atomic E-state index is 1.08. The van der Waals surface area contributed by atoms with Crippen molar-refractivity contribution in [1.29, 1.82) is 0 Å². The quantitative estimate of drug-likeness (QED) is 0.564. The van der Waals surface area contributed by atoms with Gasteiger partial charge in [0.25, 0.3) is 0 Å². The Bertz CT molecular complexity index is 367. The molecule has 0 atom stereocenters. The van der Waals surface area contributed by atoms with E-state index in [2.05, 4.69) is 45.7 Å². The van der Waals surface area contributed by atoms with Gasteiger partial charge in [0.05, 0.1) is 0 Å². The second kappa shape index (κ2) is 5.25. The van der Waals surface area contributed by atoms with Crippen LogP contribution in [0.4, 0.5) is 0 Å². The maximum absolute atomic E-state index is 3.71. The third kappa shape index (κ3) is 2.15. The SMILES string of the molecule is CCc1c(Br)c(Br)c(CC)c2c1SSS2. The zero-order chi connectivity index (χ0) is 11.0. The molecule has 0 nitrogen and oxygen atoms in total. The van der Waals surface area contributed by atoms with Crippen LogP contribution in [-0.2, 0) is 12.8 Å². The maximum Gasteiger partial charge on any atom is 0.0382 e. The summed E-state index contributed by atoms with van der Waals surface area (Å²) in [6.07, 6.45) is 2.17. The minimum absolute atomic E-state index is 1.08. The molecule has 0 amide bonds. The van der Waals surface area contributed by atoms with E-state index in [1.54, 1.807) is 0 Å². The van der Waals surface area contributed by atoms with E-state index in [0.29, 0.717) is 0 Å². The van der Waals surface area contributed by atoms with E-state index in [1.165, 1.54) is 29.9 Å². The van der Waals surface area contributed by atoms with Crippen LogP contribution in [0.1, 0.15) is 25.0 Å². The lowest BCUT2D eigenvalue weighted by Gasteiger charge is -2.14. The normalized spacial score (nSPS) is 14.4. The molecule has 1 heterocycles. The predicted octanol–water partition coefficient (Wildman–Crippen LogP) is 6.10. The zero-order valence-corrected chi connectivity index (χ0v) is 14.0. The fraction of sp³-hybridized carbons (Fsp3) is 0.400. The maximum atomic E-state index is 3.71. The first kappa shape index (κ1) is 12.7. The van der Waals surface area contributed by atoms with Gasteiger partial charge in [-0.2, -0.15) is 0 Å². The average molecular weight is 386 g/mol. The summed E-state index contributed by atoms with van der Waals surface area (Å²) in [6.45, 7) is 4.43. The number of benzene rings is 1. The van der Waals surface area contributed by atoms with Crippen LogP contribution in [0, 0.1) is 0 Å². The van der Waals surface area contributed by atoms with Crippen molar-refractivity contribution in [2.24, 2.45) is 0 Å². The highest BCUT2D eigenvalue weighted by atomic mass is 79.9. The van der Waals surface area contributed by atoms with Crippen molar-refractivity contribution in [3.63, 3.8) is 0 Å². The molecule has 15 heavy (non-hydrogen) atoms. The van der Waals surface area contributed by atoms with Crippen molar-refractivity contribution in [2.75, 3.05) is 0 Å². The van der Waals surface area contributed by atoms with Crippen molar-refractivity contribution in [3.05, 3.63) is 20.1 Å². The monoisotopic (exact) mass is 384 g/mol. The molecule has 1 aliphatic heterocycles. The first-order valence-corrected chi connectivity index (χ1v) is 9.81. The first-order valence-electron chi connectivity index (χ1n) is 4.74. The van der Waals surface area contributed by atoms with E-state index < -0.39 is 0 Å². The van der Waals surface area contributed by atoms with E-state index in [1.807, 2.05) is 31.4 Å². The summed E-state index contributed by atoms with van der Waals surface area (Å²) in [6, 6.07) is 0. The number of fused-ring (bicyclic) bond motifs is 1. The predicted molar refractivity (Wildman–Crippen MR) is 79.9 cm³/mol. The molecule has 1 aromatic rings. The van der Waals surface area contributed by atoms with Gasteiger partial charge in [-0.25, -0.2) is 0 Å². The highest BCUT2D eigenvalue weighted by molar-refractivity contribution is 9.13. The molecule has 1 aromatic carbocycles. The van der Waals surface area contributed by atoms with Gasteiger partial charge in [0, 0.05) is 18.7 Å². The molecule has 0 saturated carbocycles. The van der Waals surface area contributed by atoms with Crippen molar-refractivity contribution in [1.82, 2.24) is 0 Å². The smallest absolute Gasteiger partial charge is 0.0382 e. The highest BCUT2D eigenvalue weighted by Crippen LogP contribution is 2.60. The van der Waals surface area contributed by atoms with Crippen LogP contribution in [0.5, 0.6) is 0 Å². The molecule has 1 aliphatic rings. The molecular weight excluding hydrogens is 376 g/mol. The van der Waals surface area contributed by atoms with Crippen LogP contribution in [0.15, 0.2) is 18.7 Å². The summed E-state index contributed by atoms with van der Waals surface area (Å²) >= 11 is 7.41. The molecule has 0 saturated heterocycles. The molecule has 0 N–H and O–H groups in total. The summed E-state index contributed by atoms with van der Waals surface area (Å²) < 4.78 is 2.49. The highest BCUT2D eigenvalue weighted by Gasteiger charge is 2.25. The summed E-state index contributed by atoms with van der Waals surface area (Å²) in [5.41, 5.74) is 2.88. The van der Waals surface area contributed by atoms with Gasteiger partial charge in [-0.15, -0.1) is 0 Å². The van der Waals surface area contributed by atoms with E-state index in [-0.39, 0.29) is 0 Å². The van der Waals surface area contributed by atoms with Crippen molar-refractivity contribution in [3.8, 4) is 0 Å². The molecule has 5 heteroatoms. The lowest BCUT2D eigenvalue weighted by molar-refractivity contribution is 0.960. The summed E-state index contributed by atoms with van der Waals surface area (Å²) in [4.78, 5) is 2.94. The zero-order valence-electron chi connectivity index (χ0n) is 8.39. The Hall–Kier alpha value is 1.23. The lowest BCUT2D eigenvalue weighted by atomic mass is 10.1. The van der Waals surface area contributed by atoms with Gasteiger partial charge >= 0.3 is 0 Å². The molecule has 0 unspecified atom stereocenters. The molecule has 2 rings (SSSR count). The fourth-order valence-electron chi connectivity index (χ4n) is 1.63. The molecule has 0 bridgehead atoms. The number of rotatable bonds is 2. The van der Waals surface area contributed by atoms with Gasteiger partial charge in [-0.3, -0.25) is 0 Å². The van der Waals surface area contributed by atoms with Gasteiger partial charge in [-0.05, 0) is 87.2 Å². The Morgan fingerprint density at radius 1 is 0.867 bits per heavy atom. The Morgan fingerprint density at radius 3 is 1.60 bits per heavy atom. The van der Waals surface area contributed by atoms with E-state index in [9.17, 15) is 0 Å². The van der Waals surface area contributed by atoms with Crippen LogP contribution in [0.25, 0.3) is 0 Å². The van der Waals surface area contributed by atoms with Crippen LogP contribution in [0.2, 0.25) is 0 Å². The van der Waals surface area contributed by atoms with Gasteiger partial charge < -0.3 is 0 Å². The summed E-state index contributed by atoms with van der Waals surface area (Å²) in [7, 11) is 5.67. The molecule has 82 valence electrons. The molecule has 0 spiro atoms. The van der Waals surface area contributed by atoms with E-state index in [4.69, 9.17) is 0 Å². The van der Waals surface area contributed by atoms with Gasteiger partial charge in [0.2, 0.25) is 0 Å². The standard InChI is InChI=1S/C10H10Br2S3/c1-3-5-7(11)8(12)6(4-2)10-9(5)13-15-14-10/h3-4H2,1-2H3. The second-order valence-corrected chi connectivity index (χ2v) is 8.69. The van der Waals surface area contributed by atoms with Crippen LogP contribution >= 0.6 is 63.3 Å². The third-order valence-corrected chi connectivity index (χ3v) is 8.83. The van der Waals surface area contributed by atoms with Crippen molar-refractivity contribution >= 4 is 63.3 Å². The largest absolute Gasteiger partial charge is 0.0612 e. The molecule has 0 aliphatic carbocycles. The van der Waals surface area contributed by atoms with E-state index >= 15 is 0 Å². The molecule has 0 radical (unpaired) electrons. The van der Waals surface area contributed by atoms with E-state index in [0.717, 1.165) is 12.8 Å². The average Bonchev–Trinajstić information content (AvgIpc) is 2.69. The van der Waals surface area contributed by atoms with Gasteiger partial charge in [-0.1, -0.05) is 13.8 Å². The Morgan fingerprint density at radius 2 is 1.27 bits per heavy atom. The van der Waals surface area contributed by atoms with Gasteiger partial charge in [0.15, 0.2) is 0 Å². The number of halogens is 2.